The molecule has 1 atom stereocenters. The van der Waals surface area contributed by atoms with Crippen molar-refractivity contribution in [1.82, 2.24) is 0 Å². The molecule has 2 rings (SSSR count). The van der Waals surface area contributed by atoms with Crippen molar-refractivity contribution in [1.29, 1.82) is 0 Å². The van der Waals surface area contributed by atoms with Crippen molar-refractivity contribution in [3.8, 4) is 5.75 Å². The number of carbonyl (C=O) groups is 1. The van der Waals surface area contributed by atoms with Gasteiger partial charge in [-0.15, -0.1) is 0 Å². The maximum Gasteiger partial charge on any atom is 0.169 e. The highest BCUT2D eigenvalue weighted by atomic mass is 35.5. The highest BCUT2D eigenvalue weighted by Gasteiger charge is 2.13. The normalized spacial score (nSPS) is 11.9. The summed E-state index contributed by atoms with van der Waals surface area (Å²) in [5, 5.41) is 0.666. The van der Waals surface area contributed by atoms with Gasteiger partial charge in [0.15, 0.2) is 11.9 Å². The first-order chi connectivity index (χ1) is 9.56. The van der Waals surface area contributed by atoms with E-state index in [-0.39, 0.29) is 5.78 Å². The number of ether oxygens (including phenoxy) is 1. The number of ketones is 1. The number of hydrogen-bond donors (Lipinski definition) is 0. The van der Waals surface area contributed by atoms with Crippen LogP contribution >= 0.6 is 11.6 Å². The van der Waals surface area contributed by atoms with E-state index in [0.29, 0.717) is 10.8 Å². The molecule has 0 spiro atoms. The molecule has 0 amide bonds. The summed E-state index contributed by atoms with van der Waals surface area (Å²) in [4.78, 5) is 11.3. The van der Waals surface area contributed by atoms with E-state index in [1.807, 2.05) is 30.3 Å². The van der Waals surface area contributed by atoms with Crippen molar-refractivity contribution in [3.63, 3.8) is 0 Å². The number of benzene rings is 2. The summed E-state index contributed by atoms with van der Waals surface area (Å²) in [6.45, 7) is 3.28. The van der Waals surface area contributed by atoms with E-state index in [1.54, 1.807) is 13.0 Å². The predicted molar refractivity (Wildman–Crippen MR) is 81.5 cm³/mol. The number of Topliss-reactive ketones (excluding diaryl/α,β-unsaturated/α-hetero) is 1. The molecule has 0 aliphatic rings. The second kappa shape index (κ2) is 6.58. The molecule has 2 aromatic rings. The largest absolute Gasteiger partial charge is 0.483 e. The first-order valence-corrected chi connectivity index (χ1v) is 6.93. The molecule has 104 valence electrons. The van der Waals surface area contributed by atoms with Crippen molar-refractivity contribution in [2.45, 2.75) is 26.4 Å². The molecular formula is C17H17ClO2. The summed E-state index contributed by atoms with van der Waals surface area (Å²) in [5.41, 5.74) is 2.16. The first-order valence-electron chi connectivity index (χ1n) is 6.55. The minimum absolute atomic E-state index is 0.00520. The third kappa shape index (κ3) is 3.84. The predicted octanol–water partition coefficient (Wildman–Crippen LogP) is 4.29. The van der Waals surface area contributed by atoms with E-state index in [2.05, 4.69) is 12.1 Å². The molecule has 0 aliphatic carbocycles. The van der Waals surface area contributed by atoms with Crippen molar-refractivity contribution in [2.24, 2.45) is 0 Å². The van der Waals surface area contributed by atoms with Gasteiger partial charge < -0.3 is 4.74 Å². The average Bonchev–Trinajstić information content (AvgIpc) is 2.42. The molecule has 2 nitrogen and oxygen atoms in total. The lowest BCUT2D eigenvalue weighted by molar-refractivity contribution is -0.122. The molecule has 0 aliphatic heterocycles. The zero-order chi connectivity index (χ0) is 14.5. The Labute approximate surface area is 124 Å². The number of carbonyl (C=O) groups excluding carboxylic acids is 1. The highest BCUT2D eigenvalue weighted by Crippen LogP contribution is 2.26. The summed E-state index contributed by atoms with van der Waals surface area (Å²) in [7, 11) is 0. The molecule has 0 saturated carbocycles. The van der Waals surface area contributed by atoms with Crippen molar-refractivity contribution in [3.05, 3.63) is 64.7 Å². The van der Waals surface area contributed by atoms with Crippen molar-refractivity contribution in [2.75, 3.05) is 0 Å². The molecule has 1 unspecified atom stereocenters. The quantitative estimate of drug-likeness (QED) is 0.820. The Morgan fingerprint density at radius 1 is 1.20 bits per heavy atom. The van der Waals surface area contributed by atoms with Gasteiger partial charge in [0, 0.05) is 17.0 Å². The van der Waals surface area contributed by atoms with Gasteiger partial charge in [-0.3, -0.25) is 4.79 Å². The summed E-state index contributed by atoms with van der Waals surface area (Å²) < 4.78 is 5.73. The summed E-state index contributed by atoms with van der Waals surface area (Å²) in [5.74, 6) is 0.714. The zero-order valence-electron chi connectivity index (χ0n) is 11.6. The Morgan fingerprint density at radius 3 is 2.55 bits per heavy atom. The standard InChI is InChI=1S/C17H17ClO2/c1-12(19)13(2)20-17-9-8-16(18)11-15(17)10-14-6-4-3-5-7-14/h3-9,11,13H,10H2,1-2H3. The van der Waals surface area contributed by atoms with Crippen LogP contribution in [0.15, 0.2) is 48.5 Å². The van der Waals surface area contributed by atoms with Crippen LogP contribution in [0.4, 0.5) is 0 Å². The van der Waals surface area contributed by atoms with Gasteiger partial charge in [-0.05, 0) is 37.6 Å². The molecule has 0 N–H and O–H groups in total. The van der Waals surface area contributed by atoms with Crippen LogP contribution in [0, 0.1) is 0 Å². The van der Waals surface area contributed by atoms with Crippen LogP contribution < -0.4 is 4.74 Å². The number of hydrogen-bond acceptors (Lipinski definition) is 2. The fourth-order valence-corrected chi connectivity index (χ4v) is 2.09. The Kier molecular flexibility index (Phi) is 4.80. The Balaban J connectivity index is 2.26. The minimum Gasteiger partial charge on any atom is -0.483 e. The van der Waals surface area contributed by atoms with Crippen LogP contribution in [0.2, 0.25) is 5.02 Å². The van der Waals surface area contributed by atoms with E-state index in [0.717, 1.165) is 12.0 Å². The second-order valence-electron chi connectivity index (χ2n) is 4.79. The van der Waals surface area contributed by atoms with Gasteiger partial charge in [-0.2, -0.15) is 0 Å². The zero-order valence-corrected chi connectivity index (χ0v) is 12.4. The molecule has 0 radical (unpaired) electrons. The maximum atomic E-state index is 11.3. The van der Waals surface area contributed by atoms with Gasteiger partial charge in [-0.25, -0.2) is 0 Å². The van der Waals surface area contributed by atoms with E-state index < -0.39 is 6.10 Å². The minimum atomic E-state index is -0.453. The highest BCUT2D eigenvalue weighted by molar-refractivity contribution is 6.30. The molecule has 0 heterocycles. The summed E-state index contributed by atoms with van der Waals surface area (Å²) in [6.07, 6.45) is 0.271. The van der Waals surface area contributed by atoms with Crippen LogP contribution in [-0.2, 0) is 11.2 Å². The molecule has 0 aromatic heterocycles. The Bertz CT molecular complexity index is 593. The van der Waals surface area contributed by atoms with Crippen molar-refractivity contribution >= 4 is 17.4 Å². The summed E-state index contributed by atoms with van der Waals surface area (Å²) in [6, 6.07) is 15.6. The third-order valence-electron chi connectivity index (χ3n) is 3.14. The lowest BCUT2D eigenvalue weighted by Gasteiger charge is -2.16. The van der Waals surface area contributed by atoms with Crippen LogP contribution in [0.25, 0.3) is 0 Å². The molecule has 0 saturated heterocycles. The van der Waals surface area contributed by atoms with Crippen LogP contribution in [0.1, 0.15) is 25.0 Å². The van der Waals surface area contributed by atoms with Crippen LogP contribution in [0.3, 0.4) is 0 Å². The monoisotopic (exact) mass is 288 g/mol. The number of rotatable bonds is 5. The SMILES string of the molecule is CC(=O)C(C)Oc1ccc(Cl)cc1Cc1ccccc1. The Hall–Kier alpha value is -1.80. The molecule has 20 heavy (non-hydrogen) atoms. The Morgan fingerprint density at radius 2 is 1.90 bits per heavy atom. The number of halogens is 1. The van der Waals surface area contributed by atoms with Crippen molar-refractivity contribution < 1.29 is 9.53 Å². The van der Waals surface area contributed by atoms with E-state index in [9.17, 15) is 4.79 Å². The van der Waals surface area contributed by atoms with Gasteiger partial charge >= 0.3 is 0 Å². The second-order valence-corrected chi connectivity index (χ2v) is 5.22. The van der Waals surface area contributed by atoms with Crippen LogP contribution in [-0.4, -0.2) is 11.9 Å². The molecule has 2 aromatic carbocycles. The van der Waals surface area contributed by atoms with Gasteiger partial charge in [0.1, 0.15) is 5.75 Å². The third-order valence-corrected chi connectivity index (χ3v) is 3.37. The first kappa shape index (κ1) is 14.6. The summed E-state index contributed by atoms with van der Waals surface area (Å²) >= 11 is 6.06. The topological polar surface area (TPSA) is 26.3 Å². The van der Waals surface area contributed by atoms with E-state index >= 15 is 0 Å². The lowest BCUT2D eigenvalue weighted by Crippen LogP contribution is -2.21. The molecular weight excluding hydrogens is 272 g/mol. The fraction of sp³-hybridized carbons (Fsp3) is 0.235. The smallest absolute Gasteiger partial charge is 0.169 e. The average molecular weight is 289 g/mol. The van der Waals surface area contributed by atoms with Gasteiger partial charge in [0.2, 0.25) is 0 Å². The molecule has 3 heteroatoms. The fourth-order valence-electron chi connectivity index (χ4n) is 1.89. The van der Waals surface area contributed by atoms with Gasteiger partial charge in [-0.1, -0.05) is 41.9 Å². The van der Waals surface area contributed by atoms with Gasteiger partial charge in [0.25, 0.3) is 0 Å². The van der Waals surface area contributed by atoms with Gasteiger partial charge in [0.05, 0.1) is 0 Å². The molecule has 0 bridgehead atoms. The molecule has 0 fully saturated rings. The van der Waals surface area contributed by atoms with E-state index in [1.165, 1.54) is 12.5 Å². The van der Waals surface area contributed by atoms with Crippen LogP contribution in [0.5, 0.6) is 5.75 Å². The lowest BCUT2D eigenvalue weighted by atomic mass is 10.0. The van der Waals surface area contributed by atoms with E-state index in [4.69, 9.17) is 16.3 Å². The maximum absolute atomic E-state index is 11.3.